The number of rotatable bonds is 10. The van der Waals surface area contributed by atoms with Gasteiger partial charge in [0.2, 0.25) is 5.91 Å². The minimum absolute atomic E-state index is 0.0514. The maximum Gasteiger partial charge on any atom is 0.226 e. The molecule has 1 aliphatic heterocycles. The molecule has 3 rings (SSSR count). The molecule has 0 saturated carbocycles. The first-order valence-electron chi connectivity index (χ1n) is 11.7. The van der Waals surface area contributed by atoms with Crippen LogP contribution in [0.1, 0.15) is 38.3 Å². The van der Waals surface area contributed by atoms with Crippen LogP contribution < -0.4 is 19.5 Å². The number of hydrogen-bond acceptors (Lipinski definition) is 5. The third-order valence-corrected chi connectivity index (χ3v) is 5.85. The summed E-state index contributed by atoms with van der Waals surface area (Å²) in [4.78, 5) is 15.2. The van der Waals surface area contributed by atoms with Crippen molar-refractivity contribution in [3.63, 3.8) is 0 Å². The predicted octanol–water partition coefficient (Wildman–Crippen LogP) is 5.06. The number of ether oxygens (including phenoxy) is 3. The largest absolute Gasteiger partial charge is 0.496 e. The maximum absolute atomic E-state index is 13.4. The Morgan fingerprint density at radius 3 is 2.71 bits per heavy atom. The zero-order valence-corrected chi connectivity index (χ0v) is 21.1. The number of nitrogens with one attached hydrogen (secondary N) is 1. The van der Waals surface area contributed by atoms with Gasteiger partial charge in [-0.1, -0.05) is 38.4 Å². The summed E-state index contributed by atoms with van der Waals surface area (Å²) in [6, 6.07) is 8.21. The standard InChI is InChI=1S/C26H34ClFN2O4/c1-17(2)15-30(16-19-10-22(27)25-24(11-19)33-8-5-9-34-25)26(31)18(3)13-29-14-20-6-7-21(28)12-23(20)32-4/h6-7,10-12,17-18,29H,5,8-9,13-16H2,1-4H3. The van der Waals surface area contributed by atoms with E-state index in [-0.39, 0.29) is 17.6 Å². The first-order chi connectivity index (χ1) is 16.3. The van der Waals surface area contributed by atoms with Crippen LogP contribution in [-0.2, 0) is 17.9 Å². The highest BCUT2D eigenvalue weighted by atomic mass is 35.5. The first-order valence-corrected chi connectivity index (χ1v) is 12.1. The van der Waals surface area contributed by atoms with Gasteiger partial charge >= 0.3 is 0 Å². The molecular weight excluding hydrogens is 459 g/mol. The highest BCUT2D eigenvalue weighted by Gasteiger charge is 2.23. The average Bonchev–Trinajstić information content (AvgIpc) is 3.04. The summed E-state index contributed by atoms with van der Waals surface area (Å²) in [5.41, 5.74) is 1.74. The monoisotopic (exact) mass is 492 g/mol. The number of halogens is 2. The molecule has 1 atom stereocenters. The van der Waals surface area contributed by atoms with Gasteiger partial charge in [0.25, 0.3) is 0 Å². The summed E-state index contributed by atoms with van der Waals surface area (Å²) in [7, 11) is 1.51. The van der Waals surface area contributed by atoms with Gasteiger partial charge in [-0.2, -0.15) is 0 Å². The first kappa shape index (κ1) is 26.1. The van der Waals surface area contributed by atoms with Crippen molar-refractivity contribution in [2.45, 2.75) is 40.3 Å². The lowest BCUT2D eigenvalue weighted by molar-refractivity contribution is -0.136. The van der Waals surface area contributed by atoms with Gasteiger partial charge in [0.05, 0.1) is 25.3 Å². The third-order valence-electron chi connectivity index (χ3n) is 5.57. The fourth-order valence-electron chi connectivity index (χ4n) is 3.96. The Morgan fingerprint density at radius 2 is 1.97 bits per heavy atom. The Morgan fingerprint density at radius 1 is 1.21 bits per heavy atom. The van der Waals surface area contributed by atoms with Crippen molar-refractivity contribution in [2.75, 3.05) is 33.4 Å². The molecular formula is C26H34ClFN2O4. The lowest BCUT2D eigenvalue weighted by Crippen LogP contribution is -2.40. The van der Waals surface area contributed by atoms with Gasteiger partial charge in [0.15, 0.2) is 11.5 Å². The van der Waals surface area contributed by atoms with E-state index in [0.29, 0.717) is 67.6 Å². The molecule has 1 unspecified atom stereocenters. The Kier molecular flexibility index (Phi) is 9.42. The van der Waals surface area contributed by atoms with E-state index in [9.17, 15) is 9.18 Å². The SMILES string of the molecule is COc1cc(F)ccc1CNCC(C)C(=O)N(Cc1cc(Cl)c2c(c1)OCCCO2)CC(C)C. The molecule has 2 aromatic carbocycles. The molecule has 0 bridgehead atoms. The molecule has 8 heteroatoms. The minimum Gasteiger partial charge on any atom is -0.496 e. The van der Waals surface area contributed by atoms with E-state index in [0.717, 1.165) is 17.5 Å². The summed E-state index contributed by atoms with van der Waals surface area (Å²) in [5, 5.41) is 3.79. The zero-order valence-electron chi connectivity index (χ0n) is 20.3. The smallest absolute Gasteiger partial charge is 0.226 e. The molecule has 6 nitrogen and oxygen atoms in total. The molecule has 0 fully saturated rings. The number of benzene rings is 2. The molecule has 186 valence electrons. The molecule has 0 saturated heterocycles. The van der Waals surface area contributed by atoms with E-state index in [1.807, 2.05) is 24.0 Å². The molecule has 0 spiro atoms. The molecule has 0 radical (unpaired) electrons. The van der Waals surface area contributed by atoms with Crippen LogP contribution in [0.5, 0.6) is 17.2 Å². The molecule has 1 aliphatic rings. The Balaban J connectivity index is 1.66. The van der Waals surface area contributed by atoms with Crippen LogP contribution in [0.25, 0.3) is 0 Å². The van der Waals surface area contributed by atoms with Crippen molar-refractivity contribution in [2.24, 2.45) is 11.8 Å². The highest BCUT2D eigenvalue weighted by Crippen LogP contribution is 2.38. The van der Waals surface area contributed by atoms with E-state index in [2.05, 4.69) is 19.2 Å². The second-order valence-electron chi connectivity index (χ2n) is 9.06. The fourth-order valence-corrected chi connectivity index (χ4v) is 4.24. The van der Waals surface area contributed by atoms with E-state index in [1.165, 1.54) is 19.2 Å². The van der Waals surface area contributed by atoms with Gasteiger partial charge in [0.1, 0.15) is 11.6 Å². The van der Waals surface area contributed by atoms with Gasteiger partial charge in [-0.15, -0.1) is 0 Å². The van der Waals surface area contributed by atoms with Crippen LogP contribution in [0.4, 0.5) is 4.39 Å². The minimum atomic E-state index is -0.344. The van der Waals surface area contributed by atoms with Gasteiger partial charge in [-0.25, -0.2) is 4.39 Å². The van der Waals surface area contributed by atoms with E-state index in [1.54, 1.807) is 6.07 Å². The summed E-state index contributed by atoms with van der Waals surface area (Å²) in [5.74, 6) is 1.45. The average molecular weight is 493 g/mol. The van der Waals surface area contributed by atoms with Gasteiger partial charge in [-0.3, -0.25) is 4.79 Å². The Labute approximate surface area is 206 Å². The summed E-state index contributed by atoms with van der Waals surface area (Å²) < 4.78 is 30.2. The van der Waals surface area contributed by atoms with Gasteiger partial charge < -0.3 is 24.4 Å². The van der Waals surface area contributed by atoms with Crippen molar-refractivity contribution in [3.05, 3.63) is 52.3 Å². The van der Waals surface area contributed by atoms with E-state index >= 15 is 0 Å². The third kappa shape index (κ3) is 7.00. The lowest BCUT2D eigenvalue weighted by atomic mass is 10.1. The topological polar surface area (TPSA) is 60.0 Å². The molecule has 0 aromatic heterocycles. The number of hydrogen-bond donors (Lipinski definition) is 1. The quantitative estimate of drug-likeness (QED) is 0.502. The highest BCUT2D eigenvalue weighted by molar-refractivity contribution is 6.32. The molecule has 2 aromatic rings. The van der Waals surface area contributed by atoms with Crippen LogP contribution in [0.2, 0.25) is 5.02 Å². The number of carbonyl (C=O) groups is 1. The van der Waals surface area contributed by atoms with Crippen LogP contribution in [0, 0.1) is 17.7 Å². The second kappa shape index (κ2) is 12.3. The maximum atomic E-state index is 13.4. The number of methoxy groups -OCH3 is 1. The zero-order chi connectivity index (χ0) is 24.7. The second-order valence-corrected chi connectivity index (χ2v) is 9.46. The van der Waals surface area contributed by atoms with Crippen molar-refractivity contribution in [1.82, 2.24) is 10.2 Å². The Hall–Kier alpha value is -2.51. The van der Waals surface area contributed by atoms with Gasteiger partial charge in [0, 0.05) is 50.1 Å². The predicted molar refractivity (Wildman–Crippen MR) is 131 cm³/mol. The normalized spacial score (nSPS) is 14.0. The van der Waals surface area contributed by atoms with Gasteiger partial charge in [-0.05, 0) is 29.7 Å². The van der Waals surface area contributed by atoms with Crippen molar-refractivity contribution in [3.8, 4) is 17.2 Å². The molecule has 1 amide bonds. The van der Waals surface area contributed by atoms with Crippen LogP contribution >= 0.6 is 11.6 Å². The molecule has 1 heterocycles. The number of fused-ring (bicyclic) bond motifs is 1. The van der Waals surface area contributed by atoms with Crippen molar-refractivity contribution < 1.29 is 23.4 Å². The summed E-state index contributed by atoms with van der Waals surface area (Å²) in [6.07, 6.45) is 0.798. The van der Waals surface area contributed by atoms with Crippen LogP contribution in [-0.4, -0.2) is 44.2 Å². The van der Waals surface area contributed by atoms with E-state index < -0.39 is 0 Å². The number of amides is 1. The van der Waals surface area contributed by atoms with Crippen LogP contribution in [0.3, 0.4) is 0 Å². The number of nitrogens with zero attached hydrogens (tertiary/aromatic N) is 1. The summed E-state index contributed by atoms with van der Waals surface area (Å²) >= 11 is 6.46. The van der Waals surface area contributed by atoms with Crippen LogP contribution in [0.15, 0.2) is 30.3 Å². The number of carbonyl (C=O) groups excluding carboxylic acids is 1. The van der Waals surface area contributed by atoms with E-state index in [4.69, 9.17) is 25.8 Å². The lowest BCUT2D eigenvalue weighted by Gasteiger charge is -2.28. The molecule has 1 N–H and O–H groups in total. The molecule has 34 heavy (non-hydrogen) atoms. The Bertz CT molecular complexity index is 986. The summed E-state index contributed by atoms with van der Waals surface area (Å²) in [6.45, 7) is 9.24. The fraction of sp³-hybridized carbons (Fsp3) is 0.500. The van der Waals surface area contributed by atoms with Crippen molar-refractivity contribution in [1.29, 1.82) is 0 Å². The molecule has 0 aliphatic carbocycles. The van der Waals surface area contributed by atoms with Crippen molar-refractivity contribution >= 4 is 17.5 Å².